The highest BCUT2D eigenvalue weighted by Gasteiger charge is 2.43. The summed E-state index contributed by atoms with van der Waals surface area (Å²) in [5.41, 5.74) is 0.0117. The summed E-state index contributed by atoms with van der Waals surface area (Å²) in [4.78, 5) is 16.4. The van der Waals surface area contributed by atoms with Crippen molar-refractivity contribution in [3.63, 3.8) is 0 Å². The molecule has 8 nitrogen and oxygen atoms in total. The minimum Gasteiger partial charge on any atom is -0.383 e. The predicted molar refractivity (Wildman–Crippen MR) is 84.9 cm³/mol. The Morgan fingerprint density at radius 1 is 1.46 bits per heavy atom. The number of methoxy groups -OCH3 is 1. The Morgan fingerprint density at radius 3 is 3.04 bits per heavy atom. The quantitative estimate of drug-likeness (QED) is 0.786. The highest BCUT2D eigenvalue weighted by atomic mass is 16.5. The van der Waals surface area contributed by atoms with E-state index >= 15 is 0 Å². The molecule has 0 unspecified atom stereocenters. The number of aliphatic hydroxyl groups is 1. The third-order valence-electron chi connectivity index (χ3n) is 4.75. The zero-order valence-electron chi connectivity index (χ0n) is 13.9. The van der Waals surface area contributed by atoms with Gasteiger partial charge < -0.3 is 14.7 Å². The lowest BCUT2D eigenvalue weighted by Crippen LogP contribution is -2.59. The average Bonchev–Trinajstić information content (AvgIpc) is 2.99. The van der Waals surface area contributed by atoms with E-state index < -0.39 is 5.60 Å². The lowest BCUT2D eigenvalue weighted by molar-refractivity contribution is -0.160. The number of β-amino-alcohol motifs (C(OH)–C–C–N with tert-alkyl or cyclic N) is 1. The van der Waals surface area contributed by atoms with Crippen molar-refractivity contribution in [2.24, 2.45) is 0 Å². The lowest BCUT2D eigenvalue weighted by atomic mass is 9.91. The third-order valence-corrected chi connectivity index (χ3v) is 4.75. The van der Waals surface area contributed by atoms with Gasteiger partial charge in [0.25, 0.3) is 5.91 Å². The largest absolute Gasteiger partial charge is 0.383 e. The maximum absolute atomic E-state index is 12.7. The van der Waals surface area contributed by atoms with Crippen LogP contribution in [0.2, 0.25) is 0 Å². The molecule has 2 aliphatic rings. The SMILES string of the molecule is COCCN1CCC[C@](O)(CN2CCn3nc(C#N)cc3C2)C1=O. The van der Waals surface area contributed by atoms with Gasteiger partial charge in [0.2, 0.25) is 0 Å². The number of carbonyl (C=O) groups is 1. The van der Waals surface area contributed by atoms with E-state index in [9.17, 15) is 9.90 Å². The Bertz CT molecular complexity index is 653. The van der Waals surface area contributed by atoms with Crippen LogP contribution in [0.5, 0.6) is 0 Å². The Balaban J connectivity index is 1.66. The second-order valence-electron chi connectivity index (χ2n) is 6.49. The minimum atomic E-state index is -1.34. The first-order chi connectivity index (χ1) is 11.6. The number of piperidine rings is 1. The van der Waals surface area contributed by atoms with Crippen molar-refractivity contribution < 1.29 is 14.6 Å². The first-order valence-electron chi connectivity index (χ1n) is 8.25. The molecule has 0 saturated carbocycles. The Kier molecular flexibility index (Phi) is 4.85. The van der Waals surface area contributed by atoms with Gasteiger partial charge in [0.1, 0.15) is 6.07 Å². The van der Waals surface area contributed by atoms with Gasteiger partial charge in [-0.2, -0.15) is 10.4 Å². The number of carbonyl (C=O) groups excluding carboxylic acids is 1. The second kappa shape index (κ2) is 6.89. The van der Waals surface area contributed by atoms with Gasteiger partial charge in [0.05, 0.1) is 18.8 Å². The molecule has 24 heavy (non-hydrogen) atoms. The van der Waals surface area contributed by atoms with E-state index in [4.69, 9.17) is 10.00 Å². The average molecular weight is 333 g/mol. The summed E-state index contributed by atoms with van der Waals surface area (Å²) < 4.78 is 6.87. The van der Waals surface area contributed by atoms with Crippen molar-refractivity contribution in [3.05, 3.63) is 17.5 Å². The normalized spacial score (nSPS) is 24.7. The number of amides is 1. The fraction of sp³-hybridized carbons (Fsp3) is 0.688. The van der Waals surface area contributed by atoms with Crippen LogP contribution in [-0.4, -0.2) is 76.1 Å². The molecule has 0 radical (unpaired) electrons. The molecule has 2 aliphatic heterocycles. The van der Waals surface area contributed by atoms with Crippen molar-refractivity contribution >= 4 is 5.91 Å². The van der Waals surface area contributed by atoms with Crippen molar-refractivity contribution in [2.75, 3.05) is 39.9 Å². The number of hydrogen-bond donors (Lipinski definition) is 1. The van der Waals surface area contributed by atoms with Gasteiger partial charge in [-0.3, -0.25) is 14.4 Å². The standard InChI is InChI=1S/C16H23N5O3/c1-24-8-7-20-4-2-3-16(23,15(20)22)12-19-5-6-21-14(11-19)9-13(10-17)18-21/h9,23H,2-8,11-12H2,1H3/t16-/m0/s1. The maximum Gasteiger partial charge on any atom is 0.255 e. The number of nitrogens with zero attached hydrogens (tertiary/aromatic N) is 5. The number of hydrogen-bond acceptors (Lipinski definition) is 6. The van der Waals surface area contributed by atoms with Gasteiger partial charge in [-0.05, 0) is 18.9 Å². The number of rotatable bonds is 5. The Hall–Kier alpha value is -1.95. The molecule has 0 aliphatic carbocycles. The van der Waals surface area contributed by atoms with Gasteiger partial charge in [0, 0.05) is 39.8 Å². The second-order valence-corrected chi connectivity index (χ2v) is 6.49. The summed E-state index contributed by atoms with van der Waals surface area (Å²) in [6, 6.07) is 3.82. The molecule has 0 bridgehead atoms. The molecule has 0 aromatic carbocycles. The molecule has 1 fully saturated rings. The molecule has 3 heterocycles. The molecule has 8 heteroatoms. The summed E-state index contributed by atoms with van der Waals surface area (Å²) in [7, 11) is 1.60. The van der Waals surface area contributed by atoms with Gasteiger partial charge in [-0.1, -0.05) is 0 Å². The van der Waals surface area contributed by atoms with Gasteiger partial charge in [0.15, 0.2) is 11.3 Å². The van der Waals surface area contributed by atoms with E-state index in [1.807, 2.05) is 10.8 Å². The van der Waals surface area contributed by atoms with E-state index in [0.717, 1.165) is 12.1 Å². The van der Waals surface area contributed by atoms with Crippen molar-refractivity contribution in [1.82, 2.24) is 19.6 Å². The molecular weight excluding hydrogens is 310 g/mol. The Morgan fingerprint density at radius 2 is 2.29 bits per heavy atom. The van der Waals surface area contributed by atoms with Gasteiger partial charge >= 0.3 is 0 Å². The topological polar surface area (TPSA) is 94.6 Å². The predicted octanol–water partition coefficient (Wildman–Crippen LogP) is -0.430. The molecule has 0 spiro atoms. The summed E-state index contributed by atoms with van der Waals surface area (Å²) in [5.74, 6) is -0.206. The van der Waals surface area contributed by atoms with Crippen LogP contribution in [0.25, 0.3) is 0 Å². The summed E-state index contributed by atoms with van der Waals surface area (Å²) in [6.45, 7) is 3.91. The number of likely N-dealkylation sites (tertiary alicyclic amines) is 1. The molecule has 1 aromatic heterocycles. The number of ether oxygens (including phenoxy) is 1. The molecule has 1 N–H and O–H groups in total. The molecule has 3 rings (SSSR count). The summed E-state index contributed by atoms with van der Waals surface area (Å²) >= 11 is 0. The van der Waals surface area contributed by atoms with Crippen LogP contribution in [0, 0.1) is 11.3 Å². The fourth-order valence-corrected chi connectivity index (χ4v) is 3.51. The summed E-state index contributed by atoms with van der Waals surface area (Å²) in [5, 5.41) is 24.1. The minimum absolute atomic E-state index is 0.206. The van der Waals surface area contributed by atoms with Gasteiger partial charge in [-0.25, -0.2) is 0 Å². The van der Waals surface area contributed by atoms with E-state index in [0.29, 0.717) is 58.0 Å². The van der Waals surface area contributed by atoms with E-state index in [2.05, 4.69) is 10.00 Å². The number of nitriles is 1. The molecule has 1 saturated heterocycles. The van der Waals surface area contributed by atoms with Crippen LogP contribution in [0.1, 0.15) is 24.2 Å². The zero-order valence-corrected chi connectivity index (χ0v) is 13.9. The van der Waals surface area contributed by atoms with Crippen molar-refractivity contribution in [3.8, 4) is 6.07 Å². The molecule has 1 amide bonds. The van der Waals surface area contributed by atoms with Crippen LogP contribution in [0.3, 0.4) is 0 Å². The monoisotopic (exact) mass is 333 g/mol. The van der Waals surface area contributed by atoms with Crippen LogP contribution in [-0.2, 0) is 22.6 Å². The fourth-order valence-electron chi connectivity index (χ4n) is 3.51. The van der Waals surface area contributed by atoms with Gasteiger partial charge in [-0.15, -0.1) is 0 Å². The lowest BCUT2D eigenvalue weighted by Gasteiger charge is -2.41. The zero-order chi connectivity index (χ0) is 17.2. The molecule has 130 valence electrons. The number of fused-ring (bicyclic) bond motifs is 1. The molecule has 1 atom stereocenters. The van der Waals surface area contributed by atoms with E-state index in [-0.39, 0.29) is 5.91 Å². The smallest absolute Gasteiger partial charge is 0.255 e. The molecular formula is C16H23N5O3. The van der Waals surface area contributed by atoms with E-state index in [1.54, 1.807) is 18.1 Å². The van der Waals surface area contributed by atoms with Crippen LogP contribution in [0.4, 0.5) is 0 Å². The van der Waals surface area contributed by atoms with E-state index in [1.165, 1.54) is 0 Å². The van der Waals surface area contributed by atoms with Crippen LogP contribution >= 0.6 is 0 Å². The third kappa shape index (κ3) is 3.29. The highest BCUT2D eigenvalue weighted by Crippen LogP contribution is 2.25. The first kappa shape index (κ1) is 16.9. The first-order valence-corrected chi connectivity index (χ1v) is 8.25. The maximum atomic E-state index is 12.7. The van der Waals surface area contributed by atoms with Crippen LogP contribution in [0.15, 0.2) is 6.07 Å². The Labute approximate surface area is 141 Å². The van der Waals surface area contributed by atoms with Crippen molar-refractivity contribution in [2.45, 2.75) is 31.5 Å². The summed E-state index contributed by atoms with van der Waals surface area (Å²) in [6.07, 6.45) is 1.27. The van der Waals surface area contributed by atoms with Crippen LogP contribution < -0.4 is 0 Å². The molecule has 1 aromatic rings. The van der Waals surface area contributed by atoms with Crippen molar-refractivity contribution in [1.29, 1.82) is 5.26 Å². The number of aromatic nitrogens is 2. The highest BCUT2D eigenvalue weighted by molar-refractivity contribution is 5.86.